The van der Waals surface area contributed by atoms with Crippen molar-refractivity contribution < 1.29 is 4.79 Å². The first-order valence-corrected chi connectivity index (χ1v) is 12.1. The van der Waals surface area contributed by atoms with Gasteiger partial charge in [-0.1, -0.05) is 42.8 Å². The predicted molar refractivity (Wildman–Crippen MR) is 124 cm³/mol. The van der Waals surface area contributed by atoms with E-state index >= 15 is 0 Å². The average molecular weight is 401 g/mol. The first-order chi connectivity index (χ1) is 14.4. The van der Waals surface area contributed by atoms with E-state index in [0.29, 0.717) is 17.6 Å². The molecule has 0 aliphatic heterocycles. The summed E-state index contributed by atoms with van der Waals surface area (Å²) in [5, 5.41) is 0. The number of aryl methyl sites for hydroxylation is 5. The number of ketones is 1. The first-order valence-electron chi connectivity index (χ1n) is 12.1. The summed E-state index contributed by atoms with van der Waals surface area (Å²) < 4.78 is 0. The summed E-state index contributed by atoms with van der Waals surface area (Å²) in [6.07, 6.45) is 9.01. The zero-order valence-corrected chi connectivity index (χ0v) is 19.2. The Morgan fingerprint density at radius 2 is 1.70 bits per heavy atom. The lowest BCUT2D eigenvalue weighted by Gasteiger charge is -2.48. The van der Waals surface area contributed by atoms with Gasteiger partial charge in [-0.25, -0.2) is 0 Å². The molecule has 3 aliphatic rings. The number of rotatable bonds is 3. The summed E-state index contributed by atoms with van der Waals surface area (Å²) in [6.45, 7) is 8.98. The highest BCUT2D eigenvalue weighted by atomic mass is 16.1. The lowest BCUT2D eigenvalue weighted by atomic mass is 9.55. The fraction of sp³-hybridized carbons (Fsp3) is 0.552. The Hall–Kier alpha value is -1.89. The van der Waals surface area contributed by atoms with Crippen molar-refractivity contribution in [2.24, 2.45) is 17.3 Å². The van der Waals surface area contributed by atoms with Crippen molar-refractivity contribution in [2.75, 3.05) is 0 Å². The predicted octanol–water partition coefficient (Wildman–Crippen LogP) is 6.82. The molecule has 4 atom stereocenters. The molecule has 2 aromatic rings. The molecular weight excluding hydrogens is 364 g/mol. The third kappa shape index (κ3) is 3.17. The normalized spacial score (nSPS) is 30.0. The SMILES string of the molecule is Cc1cc(C)c(CCc2ccc3c(c2)CCC2C3CCC3(C)C(=O)CCC23)c(C)c1. The molecular formula is C29H36O. The van der Waals surface area contributed by atoms with Crippen LogP contribution in [0.3, 0.4) is 0 Å². The summed E-state index contributed by atoms with van der Waals surface area (Å²) in [7, 11) is 0. The van der Waals surface area contributed by atoms with Gasteiger partial charge < -0.3 is 0 Å². The number of fused-ring (bicyclic) bond motifs is 5. The van der Waals surface area contributed by atoms with E-state index in [0.717, 1.165) is 38.0 Å². The summed E-state index contributed by atoms with van der Waals surface area (Å²) in [4.78, 5) is 12.6. The van der Waals surface area contributed by atoms with Gasteiger partial charge in [0, 0.05) is 11.8 Å². The number of hydrogen-bond donors (Lipinski definition) is 0. The molecule has 0 bridgehead atoms. The van der Waals surface area contributed by atoms with E-state index in [1.54, 1.807) is 11.1 Å². The molecule has 0 saturated heterocycles. The maximum Gasteiger partial charge on any atom is 0.139 e. The molecule has 2 fully saturated rings. The Morgan fingerprint density at radius 3 is 2.47 bits per heavy atom. The van der Waals surface area contributed by atoms with Gasteiger partial charge in [0.15, 0.2) is 0 Å². The standard InChI is InChI=1S/C29H36O/c1-18-15-19(2)23(20(3)16-18)8-5-21-6-9-24-22(17-21)7-10-26-25(24)13-14-29(4)27(26)11-12-28(29)30/h6,9,15-17,25-27H,5,7-8,10-14H2,1-4H3. The largest absolute Gasteiger partial charge is 0.299 e. The van der Waals surface area contributed by atoms with Gasteiger partial charge >= 0.3 is 0 Å². The van der Waals surface area contributed by atoms with E-state index < -0.39 is 0 Å². The molecule has 0 aromatic heterocycles. The summed E-state index contributed by atoms with van der Waals surface area (Å²) >= 11 is 0. The van der Waals surface area contributed by atoms with E-state index in [9.17, 15) is 4.79 Å². The van der Waals surface area contributed by atoms with Crippen molar-refractivity contribution in [1.82, 2.24) is 0 Å². The number of hydrogen-bond acceptors (Lipinski definition) is 1. The Morgan fingerprint density at radius 1 is 0.933 bits per heavy atom. The minimum absolute atomic E-state index is 0.0115. The molecule has 0 amide bonds. The second-order valence-corrected chi connectivity index (χ2v) is 10.7. The molecule has 1 heteroatoms. The maximum absolute atomic E-state index is 12.6. The van der Waals surface area contributed by atoms with Gasteiger partial charge in [0.25, 0.3) is 0 Å². The minimum atomic E-state index is -0.0115. The molecule has 0 heterocycles. The Balaban J connectivity index is 1.35. The molecule has 0 radical (unpaired) electrons. The van der Waals surface area contributed by atoms with Gasteiger partial charge in [0.05, 0.1) is 0 Å². The van der Waals surface area contributed by atoms with E-state index in [1.165, 1.54) is 47.1 Å². The fourth-order valence-corrected chi connectivity index (χ4v) is 7.44. The third-order valence-corrected chi connectivity index (χ3v) is 9.00. The van der Waals surface area contributed by atoms with E-state index in [2.05, 4.69) is 58.0 Å². The van der Waals surface area contributed by atoms with Crippen molar-refractivity contribution in [2.45, 2.75) is 85.0 Å². The topological polar surface area (TPSA) is 17.1 Å². The zero-order chi connectivity index (χ0) is 21.0. The van der Waals surface area contributed by atoms with Gasteiger partial charge in [0.2, 0.25) is 0 Å². The Kier molecular flexibility index (Phi) is 4.92. The molecule has 158 valence electrons. The second-order valence-electron chi connectivity index (χ2n) is 10.7. The average Bonchev–Trinajstić information content (AvgIpc) is 3.01. The lowest BCUT2D eigenvalue weighted by Crippen LogP contribution is -2.42. The molecule has 0 spiro atoms. The van der Waals surface area contributed by atoms with Crippen molar-refractivity contribution in [3.63, 3.8) is 0 Å². The third-order valence-electron chi connectivity index (χ3n) is 9.00. The van der Waals surface area contributed by atoms with E-state index in [4.69, 9.17) is 0 Å². The molecule has 0 N–H and O–H groups in total. The zero-order valence-electron chi connectivity index (χ0n) is 19.2. The van der Waals surface area contributed by atoms with E-state index in [-0.39, 0.29) is 5.41 Å². The van der Waals surface area contributed by atoms with Crippen molar-refractivity contribution in [3.05, 3.63) is 69.3 Å². The van der Waals surface area contributed by atoms with Crippen LogP contribution in [0.25, 0.3) is 0 Å². The van der Waals surface area contributed by atoms with Crippen LogP contribution in [-0.4, -0.2) is 5.78 Å². The summed E-state index contributed by atoms with van der Waals surface area (Å²) in [6, 6.07) is 12.0. The monoisotopic (exact) mass is 400 g/mol. The number of Topliss-reactive ketones (excluding diaryl/α,β-unsaturated/α-hetero) is 1. The van der Waals surface area contributed by atoms with Crippen LogP contribution in [0.5, 0.6) is 0 Å². The van der Waals surface area contributed by atoms with Crippen LogP contribution < -0.4 is 0 Å². The fourth-order valence-electron chi connectivity index (χ4n) is 7.44. The Bertz CT molecular complexity index is 976. The number of carbonyl (C=O) groups is 1. The number of benzene rings is 2. The highest BCUT2D eigenvalue weighted by Gasteiger charge is 2.54. The summed E-state index contributed by atoms with van der Waals surface area (Å²) in [5.74, 6) is 2.60. The van der Waals surface area contributed by atoms with Gasteiger partial charge in [-0.15, -0.1) is 0 Å². The minimum Gasteiger partial charge on any atom is -0.299 e. The molecule has 2 saturated carbocycles. The van der Waals surface area contributed by atoms with Crippen LogP contribution in [0, 0.1) is 38.0 Å². The van der Waals surface area contributed by atoms with Crippen molar-refractivity contribution in [1.29, 1.82) is 0 Å². The smallest absolute Gasteiger partial charge is 0.139 e. The Labute approximate surface area is 182 Å². The highest BCUT2D eigenvalue weighted by Crippen LogP contribution is 2.59. The molecule has 1 nitrogen and oxygen atoms in total. The van der Waals surface area contributed by atoms with Crippen LogP contribution in [0.1, 0.15) is 83.9 Å². The van der Waals surface area contributed by atoms with E-state index in [1.807, 2.05) is 0 Å². The molecule has 30 heavy (non-hydrogen) atoms. The lowest BCUT2D eigenvalue weighted by molar-refractivity contribution is -0.129. The molecule has 4 unspecified atom stereocenters. The van der Waals surface area contributed by atoms with Gasteiger partial charge in [-0.2, -0.15) is 0 Å². The van der Waals surface area contributed by atoms with Crippen LogP contribution in [0.4, 0.5) is 0 Å². The molecule has 3 aliphatic carbocycles. The summed E-state index contributed by atoms with van der Waals surface area (Å²) in [5.41, 5.74) is 10.4. The second kappa shape index (κ2) is 7.36. The highest BCUT2D eigenvalue weighted by molar-refractivity contribution is 5.87. The van der Waals surface area contributed by atoms with Crippen molar-refractivity contribution >= 4 is 5.78 Å². The van der Waals surface area contributed by atoms with Gasteiger partial charge in [-0.3, -0.25) is 4.79 Å². The van der Waals surface area contributed by atoms with Gasteiger partial charge in [0.1, 0.15) is 5.78 Å². The molecule has 5 rings (SSSR count). The number of carbonyl (C=O) groups excluding carboxylic acids is 1. The van der Waals surface area contributed by atoms with Crippen LogP contribution in [0.2, 0.25) is 0 Å². The first kappa shape index (κ1) is 20.0. The van der Waals surface area contributed by atoms with Crippen LogP contribution >= 0.6 is 0 Å². The molecule has 2 aromatic carbocycles. The van der Waals surface area contributed by atoms with Crippen molar-refractivity contribution in [3.8, 4) is 0 Å². The van der Waals surface area contributed by atoms with Crippen LogP contribution in [-0.2, 0) is 24.1 Å². The maximum atomic E-state index is 12.6. The quantitative estimate of drug-likeness (QED) is 0.552. The van der Waals surface area contributed by atoms with Gasteiger partial charge in [-0.05, 0) is 117 Å². The van der Waals surface area contributed by atoms with Crippen LogP contribution in [0.15, 0.2) is 30.3 Å².